The van der Waals surface area contributed by atoms with E-state index in [4.69, 9.17) is 5.26 Å². The lowest BCUT2D eigenvalue weighted by molar-refractivity contribution is 1.27. The number of nitriles is 1. The Morgan fingerprint density at radius 1 is 0.952 bits per heavy atom. The van der Waals surface area contributed by atoms with Gasteiger partial charge >= 0.3 is 0 Å². The van der Waals surface area contributed by atoms with Crippen LogP contribution in [0.3, 0.4) is 0 Å². The van der Waals surface area contributed by atoms with Crippen LogP contribution in [0, 0.1) is 11.3 Å². The normalized spacial score (nSPS) is 10.8. The topological polar surface area (TPSA) is 23.8 Å². The second-order valence-corrected chi connectivity index (χ2v) is 4.64. The Morgan fingerprint density at radius 3 is 2.48 bits per heavy atom. The smallest absolute Gasteiger partial charge is 0.0991 e. The summed E-state index contributed by atoms with van der Waals surface area (Å²) >= 11 is 0. The van der Waals surface area contributed by atoms with Gasteiger partial charge in [-0.2, -0.15) is 5.26 Å². The van der Waals surface area contributed by atoms with Crippen LogP contribution in [-0.4, -0.2) is 0 Å². The third-order valence-corrected chi connectivity index (χ3v) is 3.12. The van der Waals surface area contributed by atoms with Crippen LogP contribution >= 0.6 is 0 Å². The van der Waals surface area contributed by atoms with Crippen molar-refractivity contribution in [3.63, 3.8) is 0 Å². The fraction of sp³-hybridized carbons (Fsp3) is 0.0500. The first-order valence-electron chi connectivity index (χ1n) is 6.87. The van der Waals surface area contributed by atoms with Crippen LogP contribution in [-0.2, 0) is 6.42 Å². The fourth-order valence-electron chi connectivity index (χ4n) is 2.04. The number of rotatable bonds is 5. The first-order chi connectivity index (χ1) is 10.3. The summed E-state index contributed by atoms with van der Waals surface area (Å²) in [5.41, 5.74) is 4.25. The molecule has 0 N–H and O–H groups in total. The summed E-state index contributed by atoms with van der Waals surface area (Å²) < 4.78 is 0. The molecule has 0 aliphatic carbocycles. The van der Waals surface area contributed by atoms with Gasteiger partial charge in [0, 0.05) is 0 Å². The second-order valence-electron chi connectivity index (χ2n) is 4.64. The molecule has 0 aliphatic heterocycles. The van der Waals surface area contributed by atoms with E-state index in [9.17, 15) is 0 Å². The van der Waals surface area contributed by atoms with E-state index in [1.807, 2.05) is 42.5 Å². The maximum Gasteiger partial charge on any atom is 0.0991 e. The van der Waals surface area contributed by atoms with E-state index in [0.717, 1.165) is 12.0 Å². The second kappa shape index (κ2) is 7.67. The molecule has 0 aliphatic rings. The van der Waals surface area contributed by atoms with Crippen molar-refractivity contribution in [3.8, 4) is 17.2 Å². The summed E-state index contributed by atoms with van der Waals surface area (Å²) in [5, 5.41) is 8.83. The van der Waals surface area contributed by atoms with E-state index >= 15 is 0 Å². The minimum atomic E-state index is 0.687. The van der Waals surface area contributed by atoms with Crippen molar-refractivity contribution in [1.29, 1.82) is 5.26 Å². The molecule has 0 bridgehead atoms. The molecule has 2 aromatic carbocycles. The van der Waals surface area contributed by atoms with Crippen LogP contribution in [0.2, 0.25) is 0 Å². The lowest BCUT2D eigenvalue weighted by atomic mass is 10.0. The predicted molar refractivity (Wildman–Crippen MR) is 88.8 cm³/mol. The van der Waals surface area contributed by atoms with Gasteiger partial charge in [-0.05, 0) is 35.2 Å². The first-order valence-corrected chi connectivity index (χ1v) is 6.87. The molecule has 0 atom stereocenters. The van der Waals surface area contributed by atoms with Gasteiger partial charge in [-0.15, -0.1) is 0 Å². The van der Waals surface area contributed by atoms with Crippen molar-refractivity contribution < 1.29 is 0 Å². The van der Waals surface area contributed by atoms with Crippen molar-refractivity contribution in [1.82, 2.24) is 0 Å². The molecular weight excluding hydrogens is 254 g/mol. The fourth-order valence-corrected chi connectivity index (χ4v) is 2.04. The molecule has 2 rings (SSSR count). The van der Waals surface area contributed by atoms with Gasteiger partial charge in [0.1, 0.15) is 0 Å². The highest BCUT2D eigenvalue weighted by Crippen LogP contribution is 2.21. The molecule has 0 unspecified atom stereocenters. The number of hydrogen-bond donors (Lipinski definition) is 0. The number of hydrogen-bond acceptors (Lipinski definition) is 1. The van der Waals surface area contributed by atoms with Crippen molar-refractivity contribution in [2.45, 2.75) is 6.42 Å². The zero-order valence-corrected chi connectivity index (χ0v) is 11.9. The van der Waals surface area contributed by atoms with E-state index < -0.39 is 0 Å². The van der Waals surface area contributed by atoms with E-state index in [1.165, 1.54) is 11.1 Å². The van der Waals surface area contributed by atoms with Crippen LogP contribution in [0.1, 0.15) is 11.1 Å². The Hall–Kier alpha value is -2.85. The molecular formula is C20H17N. The van der Waals surface area contributed by atoms with Gasteiger partial charge < -0.3 is 0 Å². The van der Waals surface area contributed by atoms with Crippen LogP contribution in [0.25, 0.3) is 11.1 Å². The molecule has 0 amide bonds. The zero-order valence-electron chi connectivity index (χ0n) is 11.9. The molecule has 1 heteroatoms. The minimum absolute atomic E-state index is 0.687. The molecule has 0 saturated carbocycles. The predicted octanol–water partition coefficient (Wildman–Crippen LogP) is 5.07. The summed E-state index contributed by atoms with van der Waals surface area (Å²) in [6, 6.07) is 18.3. The summed E-state index contributed by atoms with van der Waals surface area (Å²) in [6.07, 6.45) is 10.7. The van der Waals surface area contributed by atoms with Gasteiger partial charge in [0.2, 0.25) is 0 Å². The third kappa shape index (κ3) is 4.33. The molecule has 0 radical (unpaired) electrons. The Labute approximate surface area is 126 Å². The molecule has 0 aromatic heterocycles. The quantitative estimate of drug-likeness (QED) is 0.697. The molecule has 1 nitrogen and oxygen atoms in total. The SMILES string of the molecule is C=C/C=C\C=C/Cc1cccc(-c2ccc(C#N)cc2)c1. The molecule has 21 heavy (non-hydrogen) atoms. The number of allylic oxidation sites excluding steroid dienone is 5. The van der Waals surface area contributed by atoms with Crippen LogP contribution in [0.5, 0.6) is 0 Å². The summed E-state index contributed by atoms with van der Waals surface area (Å²) in [5.74, 6) is 0. The van der Waals surface area contributed by atoms with Gasteiger partial charge in [0.05, 0.1) is 11.6 Å². The maximum atomic E-state index is 8.83. The average molecular weight is 271 g/mol. The Bertz CT molecular complexity index is 697. The minimum Gasteiger partial charge on any atom is -0.192 e. The van der Waals surface area contributed by atoms with Gasteiger partial charge in [0.15, 0.2) is 0 Å². The third-order valence-electron chi connectivity index (χ3n) is 3.12. The van der Waals surface area contributed by atoms with E-state index in [0.29, 0.717) is 5.56 Å². The van der Waals surface area contributed by atoms with Crippen molar-refractivity contribution >= 4 is 0 Å². The lowest BCUT2D eigenvalue weighted by Crippen LogP contribution is -1.84. The molecule has 0 spiro atoms. The van der Waals surface area contributed by atoms with Gasteiger partial charge in [-0.25, -0.2) is 0 Å². The highest BCUT2D eigenvalue weighted by Gasteiger charge is 1.99. The van der Waals surface area contributed by atoms with E-state index in [2.05, 4.69) is 43.0 Å². The van der Waals surface area contributed by atoms with Crippen LogP contribution in [0.4, 0.5) is 0 Å². The highest BCUT2D eigenvalue weighted by atomic mass is 14.2. The van der Waals surface area contributed by atoms with Crippen LogP contribution < -0.4 is 0 Å². The average Bonchev–Trinajstić information content (AvgIpc) is 2.55. The zero-order chi connectivity index (χ0) is 14.9. The van der Waals surface area contributed by atoms with Crippen molar-refractivity contribution in [2.75, 3.05) is 0 Å². The van der Waals surface area contributed by atoms with Crippen molar-refractivity contribution in [2.24, 2.45) is 0 Å². The standard InChI is InChI=1S/C20H17N/c1-2-3-4-5-6-8-17-9-7-10-20(15-17)19-13-11-18(16-21)12-14-19/h2-7,9-15H,1,8H2/b4-3-,6-5-. The lowest BCUT2D eigenvalue weighted by Gasteiger charge is -2.04. The van der Waals surface area contributed by atoms with E-state index in [-0.39, 0.29) is 0 Å². The molecule has 0 heterocycles. The summed E-state index contributed by atoms with van der Waals surface area (Å²) in [7, 11) is 0. The molecule has 2 aromatic rings. The van der Waals surface area contributed by atoms with E-state index in [1.54, 1.807) is 6.08 Å². The molecule has 0 saturated heterocycles. The first kappa shape index (κ1) is 14.6. The van der Waals surface area contributed by atoms with Crippen molar-refractivity contribution in [3.05, 3.63) is 96.6 Å². The van der Waals surface area contributed by atoms with Gasteiger partial charge in [0.25, 0.3) is 0 Å². The number of benzene rings is 2. The molecule has 102 valence electrons. The highest BCUT2D eigenvalue weighted by molar-refractivity contribution is 5.65. The Morgan fingerprint density at radius 2 is 1.76 bits per heavy atom. The summed E-state index contributed by atoms with van der Waals surface area (Å²) in [6.45, 7) is 3.63. The Kier molecular flexibility index (Phi) is 5.32. The Balaban J connectivity index is 2.13. The van der Waals surface area contributed by atoms with Gasteiger partial charge in [-0.3, -0.25) is 0 Å². The number of nitrogens with zero attached hydrogens (tertiary/aromatic N) is 1. The van der Waals surface area contributed by atoms with Crippen LogP contribution in [0.15, 0.2) is 85.5 Å². The maximum absolute atomic E-state index is 8.83. The summed E-state index contributed by atoms with van der Waals surface area (Å²) in [4.78, 5) is 0. The van der Waals surface area contributed by atoms with Gasteiger partial charge in [-0.1, -0.05) is 73.4 Å². The largest absolute Gasteiger partial charge is 0.192 e. The molecule has 0 fully saturated rings. The monoisotopic (exact) mass is 271 g/mol.